The van der Waals surface area contributed by atoms with Crippen molar-refractivity contribution in [1.82, 2.24) is 14.5 Å². The van der Waals surface area contributed by atoms with Crippen LogP contribution in [0.1, 0.15) is 28.7 Å². The number of amides is 1. The Labute approximate surface area is 153 Å². The van der Waals surface area contributed by atoms with E-state index in [-0.39, 0.29) is 18.0 Å². The van der Waals surface area contributed by atoms with Crippen LogP contribution in [0.15, 0.2) is 41.2 Å². The maximum Gasteiger partial charge on any atom is 0.328 e. The van der Waals surface area contributed by atoms with Crippen LogP contribution in [0.25, 0.3) is 11.0 Å². The molecule has 0 bridgehead atoms. The van der Waals surface area contributed by atoms with E-state index in [0.717, 1.165) is 16.6 Å². The smallest absolute Gasteiger partial charge is 0.328 e. The van der Waals surface area contributed by atoms with Crippen LogP contribution in [-0.4, -0.2) is 15.0 Å². The highest BCUT2D eigenvalue weighted by atomic mass is 16.2. The van der Waals surface area contributed by atoms with Gasteiger partial charge in [0, 0.05) is 26.6 Å². The summed E-state index contributed by atoms with van der Waals surface area (Å²) in [6.07, 6.45) is 0.276. The van der Waals surface area contributed by atoms with E-state index in [0.29, 0.717) is 13.1 Å². The largest absolute Gasteiger partial charge is 0.352 e. The zero-order valence-corrected chi connectivity index (χ0v) is 15.8. The van der Waals surface area contributed by atoms with Gasteiger partial charge in [-0.15, -0.1) is 0 Å². The number of hydrogen-bond donors (Lipinski definition) is 1. The molecule has 2 aromatic carbocycles. The summed E-state index contributed by atoms with van der Waals surface area (Å²) in [5.41, 5.74) is 6.41. The van der Waals surface area contributed by atoms with Gasteiger partial charge in [0.1, 0.15) is 0 Å². The summed E-state index contributed by atoms with van der Waals surface area (Å²) in [7, 11) is 1.75. The molecular weight excluding hydrogens is 326 g/mol. The summed E-state index contributed by atoms with van der Waals surface area (Å²) in [5, 5.41) is 2.98. The van der Waals surface area contributed by atoms with Gasteiger partial charge in [-0.25, -0.2) is 4.79 Å². The van der Waals surface area contributed by atoms with E-state index in [9.17, 15) is 9.59 Å². The van der Waals surface area contributed by atoms with Crippen molar-refractivity contribution in [3.8, 4) is 0 Å². The predicted molar refractivity (Wildman–Crippen MR) is 104 cm³/mol. The minimum absolute atomic E-state index is 0.0517. The van der Waals surface area contributed by atoms with Crippen LogP contribution in [-0.2, 0) is 24.9 Å². The van der Waals surface area contributed by atoms with Gasteiger partial charge in [-0.1, -0.05) is 29.8 Å². The lowest BCUT2D eigenvalue weighted by atomic mass is 10.00. The predicted octanol–water partition coefficient (Wildman–Crippen LogP) is 2.97. The molecule has 136 valence electrons. The van der Waals surface area contributed by atoms with Gasteiger partial charge >= 0.3 is 5.69 Å². The number of fused-ring (bicyclic) bond motifs is 1. The molecule has 0 aliphatic heterocycles. The first-order valence-corrected chi connectivity index (χ1v) is 8.86. The molecule has 1 amide bonds. The molecule has 1 N–H and O–H groups in total. The van der Waals surface area contributed by atoms with E-state index >= 15 is 0 Å². The average molecular weight is 351 g/mol. The standard InChI is InChI=1S/C21H25N3O2/c1-14-11-15(2)17(16(3)12-14)13-22-20(25)9-10-24-19-8-6-5-7-18(19)23(4)21(24)26/h5-8,11-12H,9-10,13H2,1-4H3,(H,22,25). The highest BCUT2D eigenvalue weighted by Gasteiger charge is 2.12. The molecule has 0 atom stereocenters. The van der Waals surface area contributed by atoms with Gasteiger partial charge in [-0.05, 0) is 49.6 Å². The molecule has 3 aromatic rings. The lowest BCUT2D eigenvalue weighted by Gasteiger charge is -2.12. The third kappa shape index (κ3) is 3.43. The summed E-state index contributed by atoms with van der Waals surface area (Å²) < 4.78 is 3.28. The van der Waals surface area contributed by atoms with E-state index in [1.165, 1.54) is 16.7 Å². The number of nitrogens with one attached hydrogen (secondary N) is 1. The molecule has 1 aromatic heterocycles. The molecule has 0 aliphatic rings. The molecule has 0 spiro atoms. The highest BCUT2D eigenvalue weighted by Crippen LogP contribution is 2.16. The Morgan fingerprint density at radius 3 is 2.31 bits per heavy atom. The number of carbonyl (C=O) groups excluding carboxylic acids is 1. The van der Waals surface area contributed by atoms with Crippen LogP contribution in [0.3, 0.4) is 0 Å². The fourth-order valence-electron chi connectivity index (χ4n) is 3.56. The van der Waals surface area contributed by atoms with E-state index in [4.69, 9.17) is 0 Å². The SMILES string of the molecule is Cc1cc(C)c(CNC(=O)CCn2c(=O)n(C)c3ccccc32)c(C)c1. The van der Waals surface area contributed by atoms with Crippen molar-refractivity contribution in [1.29, 1.82) is 0 Å². The van der Waals surface area contributed by atoms with Crippen molar-refractivity contribution in [2.24, 2.45) is 7.05 Å². The summed E-state index contributed by atoms with van der Waals surface area (Å²) in [5.74, 6) is -0.0517. The van der Waals surface area contributed by atoms with E-state index in [1.54, 1.807) is 16.2 Å². The Morgan fingerprint density at radius 2 is 1.65 bits per heavy atom. The molecule has 5 nitrogen and oxygen atoms in total. The first kappa shape index (κ1) is 18.0. The Kier molecular flexibility index (Phi) is 4.98. The normalized spacial score (nSPS) is 11.1. The maximum atomic E-state index is 12.4. The number of aryl methyl sites for hydroxylation is 5. The van der Waals surface area contributed by atoms with Gasteiger partial charge in [0.05, 0.1) is 11.0 Å². The number of rotatable bonds is 5. The zero-order valence-electron chi connectivity index (χ0n) is 15.8. The van der Waals surface area contributed by atoms with Gasteiger partial charge in [0.2, 0.25) is 5.91 Å². The lowest BCUT2D eigenvalue weighted by molar-refractivity contribution is -0.121. The first-order chi connectivity index (χ1) is 12.4. The third-order valence-electron chi connectivity index (χ3n) is 4.92. The molecule has 0 unspecified atom stereocenters. The Hall–Kier alpha value is -2.82. The quantitative estimate of drug-likeness (QED) is 0.768. The Bertz CT molecular complexity index is 1000. The van der Waals surface area contributed by atoms with Crippen molar-refractivity contribution in [3.05, 3.63) is 69.1 Å². The Balaban J connectivity index is 1.67. The molecule has 5 heteroatoms. The number of nitrogens with zero attached hydrogens (tertiary/aromatic N) is 2. The van der Waals surface area contributed by atoms with Crippen LogP contribution in [0.2, 0.25) is 0 Å². The van der Waals surface area contributed by atoms with E-state index < -0.39 is 0 Å². The monoisotopic (exact) mass is 351 g/mol. The van der Waals surface area contributed by atoms with Crippen LogP contribution in [0, 0.1) is 20.8 Å². The molecule has 0 saturated carbocycles. The summed E-state index contributed by atoms with van der Waals surface area (Å²) in [6.45, 7) is 7.09. The van der Waals surface area contributed by atoms with Crippen molar-refractivity contribution in [3.63, 3.8) is 0 Å². The Morgan fingerprint density at radius 1 is 1.04 bits per heavy atom. The first-order valence-electron chi connectivity index (χ1n) is 8.86. The second-order valence-corrected chi connectivity index (χ2v) is 6.89. The molecule has 0 aliphatic carbocycles. The molecular formula is C21H25N3O2. The summed E-state index contributed by atoms with van der Waals surface area (Å²) in [4.78, 5) is 24.7. The maximum absolute atomic E-state index is 12.4. The van der Waals surface area contributed by atoms with Crippen LogP contribution >= 0.6 is 0 Å². The molecule has 0 radical (unpaired) electrons. The van der Waals surface area contributed by atoms with Crippen LogP contribution in [0.5, 0.6) is 0 Å². The number of para-hydroxylation sites is 2. The fraction of sp³-hybridized carbons (Fsp3) is 0.333. The van der Waals surface area contributed by atoms with Crippen molar-refractivity contribution < 1.29 is 4.79 Å². The van der Waals surface area contributed by atoms with Crippen LogP contribution in [0.4, 0.5) is 0 Å². The van der Waals surface area contributed by atoms with Crippen molar-refractivity contribution >= 4 is 16.9 Å². The highest BCUT2D eigenvalue weighted by molar-refractivity contribution is 5.78. The second-order valence-electron chi connectivity index (χ2n) is 6.89. The van der Waals surface area contributed by atoms with Crippen LogP contribution < -0.4 is 11.0 Å². The second kappa shape index (κ2) is 7.20. The summed E-state index contributed by atoms with van der Waals surface area (Å²) >= 11 is 0. The van der Waals surface area contributed by atoms with Gasteiger partial charge in [0.25, 0.3) is 0 Å². The number of aromatic nitrogens is 2. The zero-order chi connectivity index (χ0) is 18.8. The van der Waals surface area contributed by atoms with E-state index in [1.807, 2.05) is 24.3 Å². The van der Waals surface area contributed by atoms with Gasteiger partial charge in [-0.3, -0.25) is 13.9 Å². The van der Waals surface area contributed by atoms with E-state index in [2.05, 4.69) is 38.2 Å². The van der Waals surface area contributed by atoms with Crippen molar-refractivity contribution in [2.45, 2.75) is 40.3 Å². The van der Waals surface area contributed by atoms with Crippen molar-refractivity contribution in [2.75, 3.05) is 0 Å². The minimum Gasteiger partial charge on any atom is -0.352 e. The molecule has 26 heavy (non-hydrogen) atoms. The summed E-state index contributed by atoms with van der Waals surface area (Å²) in [6, 6.07) is 11.9. The van der Waals surface area contributed by atoms with Gasteiger partial charge in [-0.2, -0.15) is 0 Å². The van der Waals surface area contributed by atoms with Gasteiger partial charge in [0.15, 0.2) is 0 Å². The lowest BCUT2D eigenvalue weighted by Crippen LogP contribution is -2.28. The van der Waals surface area contributed by atoms with Gasteiger partial charge < -0.3 is 5.32 Å². The molecule has 3 rings (SSSR count). The average Bonchev–Trinajstić information content (AvgIpc) is 2.83. The number of hydrogen-bond acceptors (Lipinski definition) is 2. The topological polar surface area (TPSA) is 56.0 Å². The fourth-order valence-corrected chi connectivity index (χ4v) is 3.56. The number of benzene rings is 2. The molecule has 0 fully saturated rings. The molecule has 1 heterocycles. The minimum atomic E-state index is -0.0933. The number of imidazole rings is 1. The third-order valence-corrected chi connectivity index (χ3v) is 4.92. The molecule has 0 saturated heterocycles. The number of carbonyl (C=O) groups is 1.